The van der Waals surface area contributed by atoms with E-state index in [0.717, 1.165) is 37.7 Å². The molecule has 1 aliphatic rings. The van der Waals surface area contributed by atoms with Gasteiger partial charge in [0.2, 0.25) is 0 Å². The summed E-state index contributed by atoms with van der Waals surface area (Å²) < 4.78 is 23.2. The number of nitrogens with one attached hydrogen (secondary N) is 1. The Morgan fingerprint density at radius 1 is 0.964 bits per heavy atom. The van der Waals surface area contributed by atoms with Gasteiger partial charge in [0.15, 0.2) is 21.5 Å². The van der Waals surface area contributed by atoms with Crippen LogP contribution in [-0.4, -0.2) is 43.6 Å². The van der Waals surface area contributed by atoms with Crippen LogP contribution in [0.15, 0.2) is 53.4 Å². The number of hydrogen-bond donors (Lipinski definition) is 1. The van der Waals surface area contributed by atoms with Crippen molar-refractivity contribution in [1.29, 1.82) is 0 Å². The summed E-state index contributed by atoms with van der Waals surface area (Å²) >= 11 is 0. The van der Waals surface area contributed by atoms with Crippen LogP contribution in [0.25, 0.3) is 11.0 Å². The fourth-order valence-electron chi connectivity index (χ4n) is 3.26. The Hall–Kier alpha value is -3.00. The zero-order valence-corrected chi connectivity index (χ0v) is 16.2. The number of carbonyl (C=O) groups is 1. The fourth-order valence-corrected chi connectivity index (χ4v) is 3.89. The molecule has 1 saturated heterocycles. The number of aromatic nitrogens is 2. The largest absolute Gasteiger partial charge is 0.354 e. The Morgan fingerprint density at radius 2 is 1.57 bits per heavy atom. The summed E-state index contributed by atoms with van der Waals surface area (Å²) in [6.45, 7) is 1.75. The molecule has 1 N–H and O–H groups in total. The van der Waals surface area contributed by atoms with Gasteiger partial charge in [-0.15, -0.1) is 0 Å². The molecule has 2 aromatic carbocycles. The third kappa shape index (κ3) is 3.68. The molecule has 144 valence electrons. The number of benzene rings is 2. The van der Waals surface area contributed by atoms with Crippen LogP contribution in [0.1, 0.15) is 23.2 Å². The number of sulfone groups is 1. The first-order valence-electron chi connectivity index (χ1n) is 9.05. The van der Waals surface area contributed by atoms with Crippen LogP contribution in [0, 0.1) is 0 Å². The number of fused-ring (bicyclic) bond motifs is 1. The smallest absolute Gasteiger partial charge is 0.256 e. The quantitative estimate of drug-likeness (QED) is 0.729. The van der Waals surface area contributed by atoms with E-state index in [1.54, 1.807) is 0 Å². The average molecular weight is 396 g/mol. The lowest BCUT2D eigenvalue weighted by Gasteiger charge is -2.20. The third-order valence-corrected chi connectivity index (χ3v) is 5.86. The molecule has 3 aromatic rings. The molecule has 0 atom stereocenters. The van der Waals surface area contributed by atoms with E-state index >= 15 is 0 Å². The highest BCUT2D eigenvalue weighted by molar-refractivity contribution is 7.90. The van der Waals surface area contributed by atoms with Crippen molar-refractivity contribution >= 4 is 38.4 Å². The van der Waals surface area contributed by atoms with E-state index in [1.807, 2.05) is 24.3 Å². The van der Waals surface area contributed by atoms with Crippen molar-refractivity contribution in [2.24, 2.45) is 0 Å². The molecular weight excluding hydrogens is 376 g/mol. The van der Waals surface area contributed by atoms with Gasteiger partial charge in [-0.25, -0.2) is 18.4 Å². The first-order valence-corrected chi connectivity index (χ1v) is 10.9. The summed E-state index contributed by atoms with van der Waals surface area (Å²) in [5, 5.41) is 2.85. The van der Waals surface area contributed by atoms with Gasteiger partial charge in [-0.3, -0.25) is 4.79 Å². The molecule has 0 radical (unpaired) electrons. The van der Waals surface area contributed by atoms with Gasteiger partial charge in [0.25, 0.3) is 5.91 Å². The van der Waals surface area contributed by atoms with E-state index in [2.05, 4.69) is 15.2 Å². The number of anilines is 2. The minimum absolute atomic E-state index is 0.173. The van der Waals surface area contributed by atoms with Crippen molar-refractivity contribution in [3.05, 3.63) is 54.1 Å². The van der Waals surface area contributed by atoms with Gasteiger partial charge in [-0.1, -0.05) is 12.1 Å². The van der Waals surface area contributed by atoms with Gasteiger partial charge in [-0.2, -0.15) is 0 Å². The second-order valence-corrected chi connectivity index (χ2v) is 8.85. The van der Waals surface area contributed by atoms with E-state index in [0.29, 0.717) is 22.7 Å². The third-order valence-electron chi connectivity index (χ3n) is 4.73. The topological polar surface area (TPSA) is 92.3 Å². The van der Waals surface area contributed by atoms with Crippen LogP contribution in [0.2, 0.25) is 0 Å². The number of amides is 1. The molecule has 1 fully saturated rings. The molecule has 1 aliphatic heterocycles. The van der Waals surface area contributed by atoms with Gasteiger partial charge in [0, 0.05) is 24.9 Å². The maximum absolute atomic E-state index is 12.7. The van der Waals surface area contributed by atoms with Crippen LogP contribution in [0.5, 0.6) is 0 Å². The van der Waals surface area contributed by atoms with Crippen LogP contribution in [0.4, 0.5) is 11.6 Å². The zero-order valence-electron chi connectivity index (χ0n) is 15.4. The average Bonchev–Trinajstić information content (AvgIpc) is 3.21. The van der Waals surface area contributed by atoms with Crippen LogP contribution in [0.3, 0.4) is 0 Å². The number of rotatable bonds is 4. The van der Waals surface area contributed by atoms with E-state index < -0.39 is 9.84 Å². The predicted octanol–water partition coefficient (Wildman–Crippen LogP) is 2.89. The molecule has 2 heterocycles. The van der Waals surface area contributed by atoms with E-state index in [9.17, 15) is 13.2 Å². The predicted molar refractivity (Wildman–Crippen MR) is 108 cm³/mol. The minimum Gasteiger partial charge on any atom is -0.354 e. The Kier molecular flexibility index (Phi) is 4.72. The van der Waals surface area contributed by atoms with Crippen molar-refractivity contribution in [3.8, 4) is 0 Å². The molecule has 0 bridgehead atoms. The lowest BCUT2D eigenvalue weighted by atomic mass is 10.2. The summed E-state index contributed by atoms with van der Waals surface area (Å²) in [4.78, 5) is 24.4. The second kappa shape index (κ2) is 7.20. The fraction of sp³-hybridized carbons (Fsp3) is 0.250. The highest BCUT2D eigenvalue weighted by Gasteiger charge is 2.21. The Labute approximate surface area is 163 Å². The molecule has 1 amide bonds. The monoisotopic (exact) mass is 396 g/mol. The summed E-state index contributed by atoms with van der Waals surface area (Å²) in [5.41, 5.74) is 1.84. The maximum Gasteiger partial charge on any atom is 0.256 e. The molecule has 1 aromatic heterocycles. The molecule has 4 rings (SSSR count). The van der Waals surface area contributed by atoms with Gasteiger partial charge < -0.3 is 10.2 Å². The summed E-state index contributed by atoms with van der Waals surface area (Å²) in [7, 11) is -3.31. The first-order chi connectivity index (χ1) is 13.4. The van der Waals surface area contributed by atoms with Crippen LogP contribution in [-0.2, 0) is 9.84 Å². The summed E-state index contributed by atoms with van der Waals surface area (Å²) in [5.74, 6) is 0.722. The highest BCUT2D eigenvalue weighted by atomic mass is 32.2. The lowest BCUT2D eigenvalue weighted by Crippen LogP contribution is -2.23. The Balaban J connectivity index is 1.68. The van der Waals surface area contributed by atoms with E-state index in [1.165, 1.54) is 24.3 Å². The van der Waals surface area contributed by atoms with E-state index in [4.69, 9.17) is 4.98 Å². The van der Waals surface area contributed by atoms with Gasteiger partial charge in [-0.05, 0) is 49.2 Å². The molecular formula is C20H20N4O3S. The van der Waals surface area contributed by atoms with Crippen LogP contribution < -0.4 is 10.2 Å². The highest BCUT2D eigenvalue weighted by Crippen LogP contribution is 2.28. The standard InChI is InChI=1S/C20H20N4O3S/c1-28(26,27)15-10-8-14(9-11-15)20(25)23-18-19(24-12-4-5-13-24)22-17-7-3-2-6-16(17)21-18/h2-3,6-11H,4-5,12-13H2,1H3,(H,21,23,25). The molecule has 0 unspecified atom stereocenters. The molecule has 0 saturated carbocycles. The van der Waals surface area contributed by atoms with E-state index in [-0.39, 0.29) is 10.8 Å². The zero-order chi connectivity index (χ0) is 19.7. The van der Waals surface area contributed by atoms with Crippen molar-refractivity contribution in [2.45, 2.75) is 17.7 Å². The van der Waals surface area contributed by atoms with Crippen LogP contribution >= 0.6 is 0 Å². The summed E-state index contributed by atoms with van der Waals surface area (Å²) in [6.07, 6.45) is 3.29. The van der Waals surface area contributed by atoms with Gasteiger partial charge in [0.05, 0.1) is 15.9 Å². The number of carbonyl (C=O) groups excluding carboxylic acids is 1. The van der Waals surface area contributed by atoms with Crippen molar-refractivity contribution in [3.63, 3.8) is 0 Å². The number of para-hydroxylation sites is 2. The maximum atomic E-state index is 12.7. The van der Waals surface area contributed by atoms with Gasteiger partial charge >= 0.3 is 0 Å². The Morgan fingerprint density at radius 3 is 2.18 bits per heavy atom. The molecule has 8 heteroatoms. The normalized spacial score (nSPS) is 14.4. The molecule has 7 nitrogen and oxygen atoms in total. The van der Waals surface area contributed by atoms with Crippen molar-refractivity contribution < 1.29 is 13.2 Å². The SMILES string of the molecule is CS(=O)(=O)c1ccc(C(=O)Nc2nc3ccccc3nc2N2CCCC2)cc1. The Bertz CT molecular complexity index is 1140. The number of hydrogen-bond acceptors (Lipinski definition) is 6. The first kappa shape index (κ1) is 18.4. The molecule has 0 aliphatic carbocycles. The van der Waals surface area contributed by atoms with Crippen molar-refractivity contribution in [2.75, 3.05) is 29.6 Å². The molecule has 0 spiro atoms. The minimum atomic E-state index is -3.31. The lowest BCUT2D eigenvalue weighted by molar-refractivity contribution is 0.102. The second-order valence-electron chi connectivity index (χ2n) is 6.83. The molecule has 28 heavy (non-hydrogen) atoms. The van der Waals surface area contributed by atoms with Gasteiger partial charge in [0.1, 0.15) is 0 Å². The number of nitrogens with zero attached hydrogens (tertiary/aromatic N) is 3. The van der Waals surface area contributed by atoms with Crippen molar-refractivity contribution in [1.82, 2.24) is 9.97 Å². The summed E-state index contributed by atoms with van der Waals surface area (Å²) in [6, 6.07) is 13.4.